The lowest BCUT2D eigenvalue weighted by atomic mass is 10.1. The van der Waals surface area contributed by atoms with Gasteiger partial charge in [0, 0.05) is 38.8 Å². The van der Waals surface area contributed by atoms with Crippen molar-refractivity contribution in [2.75, 3.05) is 32.7 Å². The monoisotopic (exact) mass is 277 g/mol. The first kappa shape index (κ1) is 15.3. The predicted octanol–water partition coefficient (Wildman–Crippen LogP) is 1.64. The molecular weight excluding hydrogens is 250 g/mol. The van der Waals surface area contributed by atoms with Crippen LogP contribution in [0.25, 0.3) is 0 Å². The lowest BCUT2D eigenvalue weighted by molar-refractivity contribution is 0.0871. The molecule has 3 N–H and O–H groups in total. The lowest BCUT2D eigenvalue weighted by Gasteiger charge is -2.39. The van der Waals surface area contributed by atoms with Crippen LogP contribution in [-0.2, 0) is 6.54 Å². The maximum atomic E-state index is 9.51. The molecule has 0 radical (unpaired) electrons. The molecule has 1 fully saturated rings. The van der Waals surface area contributed by atoms with Crippen molar-refractivity contribution in [1.29, 1.82) is 0 Å². The summed E-state index contributed by atoms with van der Waals surface area (Å²) in [6.07, 6.45) is 2.28. The van der Waals surface area contributed by atoms with Gasteiger partial charge in [-0.3, -0.25) is 9.80 Å². The van der Waals surface area contributed by atoms with E-state index in [0.29, 0.717) is 11.8 Å². The van der Waals surface area contributed by atoms with E-state index in [4.69, 9.17) is 5.73 Å². The molecule has 4 heteroatoms. The third-order valence-electron chi connectivity index (χ3n) is 4.21. The van der Waals surface area contributed by atoms with Crippen LogP contribution in [0.15, 0.2) is 24.3 Å². The second-order valence-electron chi connectivity index (χ2n) is 5.62. The summed E-state index contributed by atoms with van der Waals surface area (Å²) < 4.78 is 0. The lowest BCUT2D eigenvalue weighted by Crippen LogP contribution is -2.50. The van der Waals surface area contributed by atoms with E-state index < -0.39 is 0 Å². The zero-order valence-electron chi connectivity index (χ0n) is 12.5. The summed E-state index contributed by atoms with van der Waals surface area (Å²) in [4.78, 5) is 5.03. The van der Waals surface area contributed by atoms with Gasteiger partial charge < -0.3 is 10.8 Å². The second-order valence-corrected chi connectivity index (χ2v) is 5.62. The Labute approximate surface area is 122 Å². The Bertz CT molecular complexity index is 402. The van der Waals surface area contributed by atoms with Gasteiger partial charge in [0.05, 0.1) is 0 Å². The number of nitrogens with two attached hydrogens (primary N) is 1. The van der Waals surface area contributed by atoms with E-state index in [2.05, 4.69) is 22.8 Å². The summed E-state index contributed by atoms with van der Waals surface area (Å²) in [6, 6.07) is 8.21. The van der Waals surface area contributed by atoms with Crippen LogP contribution in [0.2, 0.25) is 0 Å². The normalized spacial score (nSPS) is 19.1. The Morgan fingerprint density at radius 2 is 2.00 bits per heavy atom. The third-order valence-corrected chi connectivity index (χ3v) is 4.21. The molecule has 0 aliphatic carbocycles. The predicted molar refractivity (Wildman–Crippen MR) is 82.7 cm³/mol. The van der Waals surface area contributed by atoms with Crippen molar-refractivity contribution in [3.63, 3.8) is 0 Å². The van der Waals surface area contributed by atoms with Gasteiger partial charge in [0.1, 0.15) is 5.75 Å². The number of aromatic hydroxyl groups is 1. The maximum Gasteiger partial charge on any atom is 0.115 e. The zero-order valence-corrected chi connectivity index (χ0v) is 12.5. The average Bonchev–Trinajstić information content (AvgIpc) is 2.46. The van der Waals surface area contributed by atoms with Crippen LogP contribution in [0.5, 0.6) is 5.75 Å². The molecular formula is C16H27N3O. The van der Waals surface area contributed by atoms with E-state index >= 15 is 0 Å². The topological polar surface area (TPSA) is 52.7 Å². The number of piperazine rings is 1. The van der Waals surface area contributed by atoms with E-state index in [9.17, 15) is 5.11 Å². The molecule has 112 valence electrons. The van der Waals surface area contributed by atoms with Crippen LogP contribution in [0.4, 0.5) is 0 Å². The molecule has 4 nitrogen and oxygen atoms in total. The van der Waals surface area contributed by atoms with E-state index in [-0.39, 0.29) is 0 Å². The number of benzene rings is 1. The average molecular weight is 277 g/mol. The molecule has 1 atom stereocenters. The standard InChI is InChI=1S/C16H27N3O/c1-2-15(6-7-17)19-10-8-18(9-11-19)13-14-4-3-5-16(20)12-14/h3-5,12,15,20H,2,6-11,13,17H2,1H3. The first-order valence-corrected chi connectivity index (χ1v) is 7.67. The van der Waals surface area contributed by atoms with E-state index in [0.717, 1.165) is 45.7 Å². The Balaban J connectivity index is 1.82. The van der Waals surface area contributed by atoms with Crippen LogP contribution in [0, 0.1) is 0 Å². The molecule has 1 saturated heterocycles. The Morgan fingerprint density at radius 1 is 1.25 bits per heavy atom. The van der Waals surface area contributed by atoms with Crippen LogP contribution < -0.4 is 5.73 Å². The quantitative estimate of drug-likeness (QED) is 0.830. The molecule has 1 aromatic rings. The fourth-order valence-corrected chi connectivity index (χ4v) is 3.04. The molecule has 0 saturated carbocycles. The summed E-state index contributed by atoms with van der Waals surface area (Å²) in [6.45, 7) is 8.39. The Kier molecular flexibility index (Phi) is 5.83. The summed E-state index contributed by atoms with van der Waals surface area (Å²) in [5.41, 5.74) is 6.88. The maximum absolute atomic E-state index is 9.51. The smallest absolute Gasteiger partial charge is 0.115 e. The van der Waals surface area contributed by atoms with E-state index in [1.165, 1.54) is 12.0 Å². The van der Waals surface area contributed by atoms with Gasteiger partial charge in [-0.2, -0.15) is 0 Å². The van der Waals surface area contributed by atoms with Gasteiger partial charge >= 0.3 is 0 Å². The Hall–Kier alpha value is -1.10. The van der Waals surface area contributed by atoms with Gasteiger partial charge in [-0.15, -0.1) is 0 Å². The van der Waals surface area contributed by atoms with Crippen LogP contribution in [0.1, 0.15) is 25.3 Å². The van der Waals surface area contributed by atoms with Gasteiger partial charge in [0.15, 0.2) is 0 Å². The second kappa shape index (κ2) is 7.62. The first-order chi connectivity index (χ1) is 9.72. The van der Waals surface area contributed by atoms with Gasteiger partial charge in [0.2, 0.25) is 0 Å². The summed E-state index contributed by atoms with van der Waals surface area (Å²) >= 11 is 0. The number of nitrogens with zero attached hydrogens (tertiary/aromatic N) is 2. The fourth-order valence-electron chi connectivity index (χ4n) is 3.04. The number of hydrogen-bond acceptors (Lipinski definition) is 4. The number of hydrogen-bond donors (Lipinski definition) is 2. The Morgan fingerprint density at radius 3 is 2.60 bits per heavy atom. The van der Waals surface area contributed by atoms with Crippen molar-refractivity contribution in [3.05, 3.63) is 29.8 Å². The minimum atomic E-state index is 0.357. The molecule has 1 aliphatic rings. The highest BCUT2D eigenvalue weighted by Gasteiger charge is 2.22. The molecule has 0 bridgehead atoms. The highest BCUT2D eigenvalue weighted by molar-refractivity contribution is 5.27. The van der Waals surface area contributed by atoms with E-state index in [1.807, 2.05) is 12.1 Å². The largest absolute Gasteiger partial charge is 0.508 e. The summed E-state index contributed by atoms with van der Waals surface area (Å²) in [5.74, 6) is 0.357. The molecule has 2 rings (SSSR count). The molecule has 0 spiro atoms. The van der Waals surface area contributed by atoms with Crippen molar-refractivity contribution in [3.8, 4) is 5.75 Å². The van der Waals surface area contributed by atoms with Gasteiger partial charge in [0.25, 0.3) is 0 Å². The van der Waals surface area contributed by atoms with Gasteiger partial charge in [-0.1, -0.05) is 19.1 Å². The van der Waals surface area contributed by atoms with E-state index in [1.54, 1.807) is 6.07 Å². The van der Waals surface area contributed by atoms with Crippen molar-refractivity contribution in [1.82, 2.24) is 9.80 Å². The fraction of sp³-hybridized carbons (Fsp3) is 0.625. The zero-order chi connectivity index (χ0) is 14.4. The first-order valence-electron chi connectivity index (χ1n) is 7.67. The molecule has 20 heavy (non-hydrogen) atoms. The number of phenols is 1. The third kappa shape index (κ3) is 4.20. The van der Waals surface area contributed by atoms with Crippen LogP contribution in [0.3, 0.4) is 0 Å². The summed E-state index contributed by atoms with van der Waals surface area (Å²) in [5, 5.41) is 9.51. The van der Waals surface area contributed by atoms with Crippen LogP contribution in [-0.4, -0.2) is 53.7 Å². The van der Waals surface area contributed by atoms with Crippen LogP contribution >= 0.6 is 0 Å². The summed E-state index contributed by atoms with van der Waals surface area (Å²) in [7, 11) is 0. The van der Waals surface area contributed by atoms with Gasteiger partial charge in [-0.05, 0) is 37.1 Å². The SMILES string of the molecule is CCC(CCN)N1CCN(Cc2cccc(O)c2)CC1. The number of phenolic OH excluding ortho intramolecular Hbond substituents is 1. The minimum Gasteiger partial charge on any atom is -0.508 e. The molecule has 1 aliphatic heterocycles. The van der Waals surface area contributed by atoms with Crippen molar-refractivity contribution < 1.29 is 5.11 Å². The van der Waals surface area contributed by atoms with Crippen molar-refractivity contribution in [2.45, 2.75) is 32.4 Å². The molecule has 0 aromatic heterocycles. The molecule has 1 unspecified atom stereocenters. The van der Waals surface area contributed by atoms with Gasteiger partial charge in [-0.25, -0.2) is 0 Å². The minimum absolute atomic E-state index is 0.357. The van der Waals surface area contributed by atoms with Crippen molar-refractivity contribution >= 4 is 0 Å². The molecule has 0 amide bonds. The number of rotatable bonds is 6. The molecule has 1 heterocycles. The molecule has 1 aromatic carbocycles. The highest BCUT2D eigenvalue weighted by atomic mass is 16.3. The van der Waals surface area contributed by atoms with Crippen molar-refractivity contribution in [2.24, 2.45) is 5.73 Å². The highest BCUT2D eigenvalue weighted by Crippen LogP contribution is 2.16.